The zero-order valence-electron chi connectivity index (χ0n) is 20.0. The van der Waals surface area contributed by atoms with E-state index in [9.17, 15) is 9.59 Å². The van der Waals surface area contributed by atoms with E-state index >= 15 is 0 Å². The fraction of sp³-hybridized carbons (Fsp3) is 0.333. The van der Waals surface area contributed by atoms with E-state index in [2.05, 4.69) is 24.0 Å². The van der Waals surface area contributed by atoms with Gasteiger partial charge in [-0.25, -0.2) is 9.67 Å². The molecular formula is C27H26N4O5. The number of anilines is 1. The molecule has 0 bridgehead atoms. The molecule has 2 fully saturated rings. The highest BCUT2D eigenvalue weighted by Crippen LogP contribution is 2.32. The lowest BCUT2D eigenvalue weighted by Gasteiger charge is -2.28. The van der Waals surface area contributed by atoms with E-state index in [-0.39, 0.29) is 29.7 Å². The standard InChI is InChI=1S/C27H26N4O5/c1-17-3-2-4-18(11-17)20-5-6-31(29-20)26-13-22(30-7-9-34-10-8-30)27-21(28-26)12-25(36-27)24(33)14-23(32)19-15-35-16-19/h2-6,11-13,19H,7-10,14-16H2,1H3. The fourth-order valence-corrected chi connectivity index (χ4v) is 4.51. The van der Waals surface area contributed by atoms with Gasteiger partial charge in [0, 0.05) is 37.0 Å². The Hall–Kier alpha value is -3.82. The van der Waals surface area contributed by atoms with Gasteiger partial charge in [-0.2, -0.15) is 5.10 Å². The molecule has 2 saturated heterocycles. The molecule has 4 aromatic rings. The van der Waals surface area contributed by atoms with Gasteiger partial charge in [-0.15, -0.1) is 0 Å². The van der Waals surface area contributed by atoms with Crippen LogP contribution in [0.25, 0.3) is 28.2 Å². The number of ketones is 2. The number of aryl methyl sites for hydroxylation is 1. The van der Waals surface area contributed by atoms with Crippen LogP contribution in [0.1, 0.15) is 22.5 Å². The van der Waals surface area contributed by atoms with Gasteiger partial charge in [0.25, 0.3) is 0 Å². The van der Waals surface area contributed by atoms with Crippen LogP contribution in [0.2, 0.25) is 0 Å². The molecule has 0 amide bonds. The number of Topliss-reactive ketones (excluding diaryl/α,β-unsaturated/α-hetero) is 2. The average molecular weight is 487 g/mol. The molecule has 0 saturated carbocycles. The Kier molecular flexibility index (Phi) is 5.86. The van der Waals surface area contributed by atoms with E-state index in [1.54, 1.807) is 10.7 Å². The van der Waals surface area contributed by atoms with Gasteiger partial charge in [0.05, 0.1) is 50.1 Å². The van der Waals surface area contributed by atoms with E-state index in [0.29, 0.717) is 56.4 Å². The Labute approximate surface area is 207 Å². The Balaban J connectivity index is 1.37. The molecule has 0 unspecified atom stereocenters. The summed E-state index contributed by atoms with van der Waals surface area (Å²) in [5.74, 6) is 0.0904. The maximum Gasteiger partial charge on any atom is 0.205 e. The highest BCUT2D eigenvalue weighted by Gasteiger charge is 2.29. The first-order valence-corrected chi connectivity index (χ1v) is 12.1. The summed E-state index contributed by atoms with van der Waals surface area (Å²) in [6.45, 7) is 5.40. The molecule has 5 heterocycles. The van der Waals surface area contributed by atoms with Crippen LogP contribution < -0.4 is 4.90 Å². The van der Waals surface area contributed by atoms with Gasteiger partial charge < -0.3 is 18.8 Å². The van der Waals surface area contributed by atoms with Crippen molar-refractivity contribution in [1.82, 2.24) is 14.8 Å². The molecular weight excluding hydrogens is 460 g/mol. The molecule has 1 aromatic carbocycles. The van der Waals surface area contributed by atoms with Crippen LogP contribution in [-0.4, -0.2) is 65.8 Å². The zero-order chi connectivity index (χ0) is 24.6. The molecule has 2 aliphatic rings. The molecule has 6 rings (SSSR count). The number of rotatable bonds is 7. The van der Waals surface area contributed by atoms with Crippen LogP contribution in [-0.2, 0) is 14.3 Å². The number of pyridine rings is 1. The Morgan fingerprint density at radius 3 is 2.64 bits per heavy atom. The Bertz CT molecular complexity index is 1450. The summed E-state index contributed by atoms with van der Waals surface area (Å²) in [6, 6.07) is 13.7. The molecule has 0 radical (unpaired) electrons. The second kappa shape index (κ2) is 9.33. The summed E-state index contributed by atoms with van der Waals surface area (Å²) >= 11 is 0. The summed E-state index contributed by atoms with van der Waals surface area (Å²) in [7, 11) is 0. The minimum absolute atomic E-state index is 0.117. The van der Waals surface area contributed by atoms with E-state index in [1.807, 2.05) is 30.5 Å². The van der Waals surface area contributed by atoms with E-state index in [4.69, 9.17) is 24.0 Å². The Morgan fingerprint density at radius 2 is 1.89 bits per heavy atom. The lowest BCUT2D eigenvalue weighted by molar-refractivity contribution is -0.135. The first-order valence-electron chi connectivity index (χ1n) is 12.1. The van der Waals surface area contributed by atoms with E-state index < -0.39 is 0 Å². The molecule has 184 valence electrons. The molecule has 0 atom stereocenters. The summed E-state index contributed by atoms with van der Waals surface area (Å²) < 4.78 is 18.4. The SMILES string of the molecule is Cc1cccc(-c2ccn(-c3cc(N4CCOCC4)c4oc(C(=O)CC(=O)C5COC5)cc4n3)n2)c1. The van der Waals surface area contributed by atoms with Crippen LogP contribution >= 0.6 is 0 Å². The highest BCUT2D eigenvalue weighted by atomic mass is 16.5. The molecule has 2 aliphatic heterocycles. The number of hydrogen-bond acceptors (Lipinski definition) is 8. The summed E-state index contributed by atoms with van der Waals surface area (Å²) in [4.78, 5) is 32.1. The van der Waals surface area contributed by atoms with Crippen molar-refractivity contribution in [3.63, 3.8) is 0 Å². The maximum absolute atomic E-state index is 12.9. The number of aromatic nitrogens is 3. The number of nitrogens with zero attached hydrogens (tertiary/aromatic N) is 4. The van der Waals surface area contributed by atoms with Gasteiger partial charge in [0.15, 0.2) is 17.2 Å². The molecule has 3 aromatic heterocycles. The summed E-state index contributed by atoms with van der Waals surface area (Å²) in [5, 5.41) is 4.76. The molecule has 0 spiro atoms. The van der Waals surface area contributed by atoms with Crippen LogP contribution in [0.3, 0.4) is 0 Å². The van der Waals surface area contributed by atoms with Crippen LogP contribution in [0.5, 0.6) is 0 Å². The fourth-order valence-electron chi connectivity index (χ4n) is 4.51. The minimum Gasteiger partial charge on any atom is -0.449 e. The smallest absolute Gasteiger partial charge is 0.205 e. The topological polar surface area (TPSA) is 99.7 Å². The van der Waals surface area contributed by atoms with Gasteiger partial charge in [-0.05, 0) is 19.1 Å². The van der Waals surface area contributed by atoms with Crippen molar-refractivity contribution in [2.24, 2.45) is 5.92 Å². The second-order valence-electron chi connectivity index (χ2n) is 9.24. The van der Waals surface area contributed by atoms with Crippen molar-refractivity contribution in [3.8, 4) is 17.1 Å². The van der Waals surface area contributed by atoms with E-state index in [0.717, 1.165) is 22.5 Å². The van der Waals surface area contributed by atoms with Gasteiger partial charge in [0.2, 0.25) is 5.78 Å². The molecule has 9 heteroatoms. The molecule has 9 nitrogen and oxygen atoms in total. The van der Waals surface area contributed by atoms with Gasteiger partial charge in [0.1, 0.15) is 11.3 Å². The monoisotopic (exact) mass is 486 g/mol. The number of hydrogen-bond donors (Lipinski definition) is 0. The van der Waals surface area contributed by atoms with Crippen molar-refractivity contribution in [1.29, 1.82) is 0 Å². The molecule has 0 aliphatic carbocycles. The predicted octanol–water partition coefficient (Wildman–Crippen LogP) is 3.61. The van der Waals surface area contributed by atoms with Crippen molar-refractivity contribution in [3.05, 3.63) is 60.0 Å². The van der Waals surface area contributed by atoms with Crippen molar-refractivity contribution in [2.45, 2.75) is 13.3 Å². The number of ether oxygens (including phenoxy) is 2. The number of carbonyl (C=O) groups excluding carboxylic acids is 2. The first-order chi connectivity index (χ1) is 17.5. The zero-order valence-corrected chi connectivity index (χ0v) is 20.0. The number of morpholine rings is 1. The maximum atomic E-state index is 12.9. The highest BCUT2D eigenvalue weighted by molar-refractivity contribution is 6.09. The number of benzene rings is 1. The summed E-state index contributed by atoms with van der Waals surface area (Å²) in [6.07, 6.45) is 1.67. The van der Waals surface area contributed by atoms with Crippen LogP contribution in [0.4, 0.5) is 5.69 Å². The largest absolute Gasteiger partial charge is 0.449 e. The number of fused-ring (bicyclic) bond motifs is 1. The average Bonchev–Trinajstić information content (AvgIpc) is 3.50. The number of carbonyl (C=O) groups is 2. The minimum atomic E-state index is -0.347. The van der Waals surface area contributed by atoms with Gasteiger partial charge >= 0.3 is 0 Å². The third-order valence-electron chi connectivity index (χ3n) is 6.64. The van der Waals surface area contributed by atoms with E-state index in [1.165, 1.54) is 0 Å². The molecule has 36 heavy (non-hydrogen) atoms. The predicted molar refractivity (Wildman–Crippen MR) is 133 cm³/mol. The van der Waals surface area contributed by atoms with Crippen molar-refractivity contribution in [2.75, 3.05) is 44.4 Å². The first kappa shape index (κ1) is 22.6. The second-order valence-corrected chi connectivity index (χ2v) is 9.24. The lowest BCUT2D eigenvalue weighted by Crippen LogP contribution is -2.36. The third kappa shape index (κ3) is 4.31. The normalized spacial score (nSPS) is 16.3. The third-order valence-corrected chi connectivity index (χ3v) is 6.64. The van der Waals surface area contributed by atoms with Crippen LogP contribution in [0, 0.1) is 12.8 Å². The lowest BCUT2D eigenvalue weighted by atomic mass is 9.98. The summed E-state index contributed by atoms with van der Waals surface area (Å²) in [5.41, 5.74) is 4.92. The number of furan rings is 1. The molecule has 0 N–H and O–H groups in total. The van der Waals surface area contributed by atoms with Gasteiger partial charge in [-0.1, -0.05) is 23.8 Å². The van der Waals surface area contributed by atoms with Crippen LogP contribution in [0.15, 0.2) is 53.1 Å². The quantitative estimate of drug-likeness (QED) is 0.289. The van der Waals surface area contributed by atoms with Crippen molar-refractivity contribution >= 4 is 28.4 Å². The van der Waals surface area contributed by atoms with Crippen molar-refractivity contribution < 1.29 is 23.5 Å². The Morgan fingerprint density at radius 1 is 1.06 bits per heavy atom. The van der Waals surface area contributed by atoms with Gasteiger partial charge in [-0.3, -0.25) is 9.59 Å².